The third-order valence-electron chi connectivity index (χ3n) is 2.49. The molecule has 1 saturated heterocycles. The monoisotopic (exact) mass is 197 g/mol. The van der Waals surface area contributed by atoms with E-state index in [1.54, 1.807) is 18.4 Å². The quantitative estimate of drug-likeness (QED) is 0.786. The van der Waals surface area contributed by atoms with Gasteiger partial charge < -0.3 is 10.1 Å². The second-order valence-electron chi connectivity index (χ2n) is 3.39. The molecule has 2 heterocycles. The van der Waals surface area contributed by atoms with Crippen LogP contribution in [0.1, 0.15) is 30.2 Å². The van der Waals surface area contributed by atoms with Gasteiger partial charge >= 0.3 is 0 Å². The van der Waals surface area contributed by atoms with E-state index in [1.165, 1.54) is 24.1 Å². The van der Waals surface area contributed by atoms with E-state index >= 15 is 0 Å². The van der Waals surface area contributed by atoms with E-state index in [9.17, 15) is 0 Å². The van der Waals surface area contributed by atoms with Gasteiger partial charge in [0.25, 0.3) is 0 Å². The van der Waals surface area contributed by atoms with Crippen molar-refractivity contribution in [1.29, 1.82) is 0 Å². The molecule has 13 heavy (non-hydrogen) atoms. The molecule has 0 unspecified atom stereocenters. The topological polar surface area (TPSA) is 21.3 Å². The highest BCUT2D eigenvalue weighted by Gasteiger charge is 2.16. The highest BCUT2D eigenvalue weighted by atomic mass is 32.1. The molecule has 1 aromatic rings. The molecule has 0 spiro atoms. The van der Waals surface area contributed by atoms with Crippen LogP contribution in [0, 0.1) is 0 Å². The number of rotatable bonds is 2. The molecule has 0 aliphatic carbocycles. The Morgan fingerprint density at radius 3 is 3.08 bits per heavy atom. The molecule has 1 N–H and O–H groups in total. The van der Waals surface area contributed by atoms with Gasteiger partial charge in [0, 0.05) is 16.3 Å². The zero-order chi connectivity index (χ0) is 9.10. The van der Waals surface area contributed by atoms with Crippen LogP contribution in [0.2, 0.25) is 0 Å². The van der Waals surface area contributed by atoms with Crippen molar-refractivity contribution in [3.8, 4) is 5.75 Å². The number of hydrogen-bond acceptors (Lipinski definition) is 3. The van der Waals surface area contributed by atoms with Crippen LogP contribution in [0.5, 0.6) is 5.75 Å². The third kappa shape index (κ3) is 2.03. The fraction of sp³-hybridized carbons (Fsp3) is 0.600. The lowest BCUT2D eigenvalue weighted by Crippen LogP contribution is -2.25. The Bertz CT molecular complexity index is 266. The summed E-state index contributed by atoms with van der Waals surface area (Å²) in [7, 11) is 1.72. The molecule has 0 saturated carbocycles. The van der Waals surface area contributed by atoms with Crippen LogP contribution in [-0.4, -0.2) is 13.7 Å². The lowest BCUT2D eigenvalue weighted by atomic mass is 10.0. The second kappa shape index (κ2) is 4.11. The average molecular weight is 197 g/mol. The number of thiophene rings is 1. The molecular formula is C10H15NOS. The van der Waals surface area contributed by atoms with Crippen LogP contribution >= 0.6 is 11.3 Å². The molecule has 1 fully saturated rings. The lowest BCUT2D eigenvalue weighted by molar-refractivity contribution is 0.407. The van der Waals surface area contributed by atoms with Gasteiger partial charge in [-0.1, -0.05) is 6.42 Å². The van der Waals surface area contributed by atoms with Crippen LogP contribution in [0.25, 0.3) is 0 Å². The summed E-state index contributed by atoms with van der Waals surface area (Å²) >= 11 is 1.79. The van der Waals surface area contributed by atoms with E-state index in [1.807, 2.05) is 0 Å². The zero-order valence-electron chi connectivity index (χ0n) is 7.88. The minimum absolute atomic E-state index is 0.572. The fourth-order valence-electron chi connectivity index (χ4n) is 1.72. The standard InChI is InChI=1S/C10H15NOS/c1-12-8-6-10(13-7-8)9-4-2-3-5-11-9/h6-7,9,11H,2-5H2,1H3/t9-/m1/s1. The first-order chi connectivity index (χ1) is 6.40. The molecule has 1 aliphatic heterocycles. The molecule has 1 aromatic heterocycles. The van der Waals surface area contributed by atoms with E-state index in [0.717, 1.165) is 12.3 Å². The van der Waals surface area contributed by atoms with Gasteiger partial charge in [0.1, 0.15) is 5.75 Å². The SMILES string of the molecule is COc1csc([C@H]2CCCCN2)c1. The zero-order valence-corrected chi connectivity index (χ0v) is 8.69. The largest absolute Gasteiger partial charge is 0.496 e. The van der Waals surface area contributed by atoms with Crippen molar-refractivity contribution in [3.63, 3.8) is 0 Å². The average Bonchev–Trinajstić information content (AvgIpc) is 2.67. The van der Waals surface area contributed by atoms with Crippen molar-refractivity contribution >= 4 is 11.3 Å². The van der Waals surface area contributed by atoms with E-state index in [-0.39, 0.29) is 0 Å². The number of ether oxygens (including phenoxy) is 1. The predicted molar refractivity (Wildman–Crippen MR) is 55.5 cm³/mol. The Labute approximate surface area is 82.9 Å². The van der Waals surface area contributed by atoms with Crippen LogP contribution in [-0.2, 0) is 0 Å². The summed E-state index contributed by atoms with van der Waals surface area (Å²) in [6.45, 7) is 1.16. The molecule has 0 amide bonds. The van der Waals surface area contributed by atoms with Crippen LogP contribution < -0.4 is 10.1 Å². The molecule has 1 atom stereocenters. The van der Waals surface area contributed by atoms with Crippen molar-refractivity contribution in [2.45, 2.75) is 25.3 Å². The normalized spacial score (nSPS) is 23.0. The molecule has 0 radical (unpaired) electrons. The Morgan fingerprint density at radius 2 is 2.46 bits per heavy atom. The highest BCUT2D eigenvalue weighted by molar-refractivity contribution is 7.10. The van der Waals surface area contributed by atoms with Crippen molar-refractivity contribution in [2.24, 2.45) is 0 Å². The highest BCUT2D eigenvalue weighted by Crippen LogP contribution is 2.31. The molecular weight excluding hydrogens is 182 g/mol. The maximum atomic E-state index is 5.17. The fourth-order valence-corrected chi connectivity index (χ4v) is 2.68. The van der Waals surface area contributed by atoms with Crippen molar-refractivity contribution in [1.82, 2.24) is 5.32 Å². The summed E-state index contributed by atoms with van der Waals surface area (Å²) in [5.41, 5.74) is 0. The van der Waals surface area contributed by atoms with E-state index in [4.69, 9.17) is 4.74 Å². The minimum atomic E-state index is 0.572. The Kier molecular flexibility index (Phi) is 2.86. The van der Waals surface area contributed by atoms with Gasteiger partial charge in [-0.25, -0.2) is 0 Å². The number of hydrogen-bond donors (Lipinski definition) is 1. The minimum Gasteiger partial charge on any atom is -0.496 e. The summed E-state index contributed by atoms with van der Waals surface area (Å²) < 4.78 is 5.17. The Balaban J connectivity index is 2.05. The van der Waals surface area contributed by atoms with Crippen LogP contribution in [0.3, 0.4) is 0 Å². The van der Waals surface area contributed by atoms with Gasteiger partial charge in [-0.2, -0.15) is 0 Å². The van der Waals surface area contributed by atoms with Gasteiger partial charge in [0.15, 0.2) is 0 Å². The van der Waals surface area contributed by atoms with Crippen molar-refractivity contribution in [2.75, 3.05) is 13.7 Å². The van der Waals surface area contributed by atoms with Gasteiger partial charge in [0.2, 0.25) is 0 Å². The van der Waals surface area contributed by atoms with Crippen LogP contribution in [0.4, 0.5) is 0 Å². The number of nitrogens with one attached hydrogen (secondary N) is 1. The maximum Gasteiger partial charge on any atom is 0.129 e. The maximum absolute atomic E-state index is 5.17. The van der Waals surface area contributed by atoms with Crippen LogP contribution in [0.15, 0.2) is 11.4 Å². The summed E-state index contributed by atoms with van der Waals surface area (Å²) in [4.78, 5) is 1.41. The summed E-state index contributed by atoms with van der Waals surface area (Å²) in [6.07, 6.45) is 3.93. The van der Waals surface area contributed by atoms with Crippen molar-refractivity contribution in [3.05, 3.63) is 16.3 Å². The first-order valence-electron chi connectivity index (χ1n) is 4.76. The molecule has 0 aromatic carbocycles. The van der Waals surface area contributed by atoms with E-state index in [0.29, 0.717) is 6.04 Å². The van der Waals surface area contributed by atoms with Crippen molar-refractivity contribution < 1.29 is 4.74 Å². The molecule has 0 bridgehead atoms. The summed E-state index contributed by atoms with van der Waals surface area (Å²) in [5, 5.41) is 5.60. The third-order valence-corrected chi connectivity index (χ3v) is 3.51. The second-order valence-corrected chi connectivity index (χ2v) is 4.33. The number of methoxy groups -OCH3 is 1. The molecule has 1 aliphatic rings. The Morgan fingerprint density at radius 1 is 1.54 bits per heavy atom. The first kappa shape index (κ1) is 9.03. The Hall–Kier alpha value is -0.540. The predicted octanol–water partition coefficient (Wildman–Crippen LogP) is 2.57. The van der Waals surface area contributed by atoms with E-state index < -0.39 is 0 Å². The van der Waals surface area contributed by atoms with Gasteiger partial charge in [-0.15, -0.1) is 11.3 Å². The van der Waals surface area contributed by atoms with Gasteiger partial charge in [-0.05, 0) is 25.5 Å². The lowest BCUT2D eigenvalue weighted by Gasteiger charge is -2.21. The molecule has 2 rings (SSSR count). The summed E-state index contributed by atoms with van der Waals surface area (Å²) in [5.74, 6) is 0.993. The molecule has 2 nitrogen and oxygen atoms in total. The van der Waals surface area contributed by atoms with Gasteiger partial charge in [-0.3, -0.25) is 0 Å². The molecule has 3 heteroatoms. The first-order valence-corrected chi connectivity index (χ1v) is 5.64. The summed E-state index contributed by atoms with van der Waals surface area (Å²) in [6, 6.07) is 2.72. The molecule has 72 valence electrons. The smallest absolute Gasteiger partial charge is 0.129 e. The van der Waals surface area contributed by atoms with E-state index in [2.05, 4.69) is 16.8 Å². The van der Waals surface area contributed by atoms with Gasteiger partial charge in [0.05, 0.1) is 7.11 Å². The number of piperidine rings is 1.